The van der Waals surface area contributed by atoms with Gasteiger partial charge in [0.05, 0.1) is 10.9 Å². The van der Waals surface area contributed by atoms with Gasteiger partial charge in [-0.1, -0.05) is 25.1 Å². The van der Waals surface area contributed by atoms with E-state index in [2.05, 4.69) is 15.0 Å². The summed E-state index contributed by atoms with van der Waals surface area (Å²) in [7, 11) is -3.96. The highest BCUT2D eigenvalue weighted by Crippen LogP contribution is 2.41. The number of hydrogen-bond acceptors (Lipinski definition) is 6. The summed E-state index contributed by atoms with van der Waals surface area (Å²) in [5.74, 6) is 0.0918. The second-order valence-corrected chi connectivity index (χ2v) is 11.0. The summed E-state index contributed by atoms with van der Waals surface area (Å²) in [5.41, 5.74) is 1.56. The molecule has 0 unspecified atom stereocenters. The van der Waals surface area contributed by atoms with E-state index < -0.39 is 27.8 Å². The first-order chi connectivity index (χ1) is 17.1. The van der Waals surface area contributed by atoms with Crippen molar-refractivity contribution in [2.75, 3.05) is 6.54 Å². The Bertz CT molecular complexity index is 1330. The molecule has 0 aliphatic carbocycles. The number of nitrogens with zero attached hydrogens (tertiary/aromatic N) is 1. The molecule has 2 heterocycles. The molecule has 190 valence electrons. The lowest BCUT2D eigenvalue weighted by atomic mass is 9.86. The van der Waals surface area contributed by atoms with E-state index in [1.807, 2.05) is 25.1 Å². The monoisotopic (exact) mass is 509 g/mol. The number of aliphatic hydroxyl groups is 1. The Morgan fingerprint density at radius 1 is 1.11 bits per heavy atom. The van der Waals surface area contributed by atoms with Crippen molar-refractivity contribution in [1.29, 1.82) is 0 Å². The Morgan fingerprint density at radius 2 is 1.86 bits per heavy atom. The van der Waals surface area contributed by atoms with Gasteiger partial charge in [-0.25, -0.2) is 13.1 Å². The molecule has 4 rings (SSSR count). The number of carbonyl (C=O) groups excluding carboxylic acids is 1. The molecule has 36 heavy (non-hydrogen) atoms. The van der Waals surface area contributed by atoms with Gasteiger partial charge in [-0.2, -0.15) is 0 Å². The Kier molecular flexibility index (Phi) is 7.44. The molecular weight excluding hydrogens is 478 g/mol. The Labute approximate surface area is 211 Å². The van der Waals surface area contributed by atoms with Crippen LogP contribution in [0.3, 0.4) is 0 Å². The highest BCUT2D eigenvalue weighted by Gasteiger charge is 2.44. The number of benzene rings is 2. The molecule has 0 spiro atoms. The van der Waals surface area contributed by atoms with Crippen LogP contribution in [0.4, 0.5) is 0 Å². The predicted octanol–water partition coefficient (Wildman–Crippen LogP) is 3.17. The molecule has 3 aromatic rings. The molecule has 0 radical (unpaired) electrons. The zero-order valence-electron chi connectivity index (χ0n) is 20.6. The number of fused-ring (bicyclic) bond motifs is 1. The third-order valence-corrected chi connectivity index (χ3v) is 7.78. The van der Waals surface area contributed by atoms with Gasteiger partial charge in [-0.05, 0) is 68.3 Å². The summed E-state index contributed by atoms with van der Waals surface area (Å²) in [6.45, 7) is 5.76. The average molecular weight is 510 g/mol. The molecule has 1 aliphatic heterocycles. The average Bonchev–Trinajstić information content (AvgIpc) is 2.87. The van der Waals surface area contributed by atoms with Gasteiger partial charge >= 0.3 is 0 Å². The fourth-order valence-corrected chi connectivity index (χ4v) is 5.38. The van der Waals surface area contributed by atoms with Crippen molar-refractivity contribution in [3.05, 3.63) is 89.2 Å². The maximum absolute atomic E-state index is 13.2. The van der Waals surface area contributed by atoms with Gasteiger partial charge in [0.1, 0.15) is 17.5 Å². The highest BCUT2D eigenvalue weighted by molar-refractivity contribution is 7.89. The normalized spacial score (nSPS) is 18.7. The lowest BCUT2D eigenvalue weighted by Crippen LogP contribution is -2.53. The van der Waals surface area contributed by atoms with Gasteiger partial charge in [0.25, 0.3) is 5.91 Å². The van der Waals surface area contributed by atoms with Gasteiger partial charge < -0.3 is 15.2 Å². The summed E-state index contributed by atoms with van der Waals surface area (Å²) in [4.78, 5) is 17.2. The second kappa shape index (κ2) is 10.4. The molecule has 9 heteroatoms. The molecular formula is C27H31N3O5S. The van der Waals surface area contributed by atoms with Crippen LogP contribution in [-0.2, 0) is 22.9 Å². The summed E-state index contributed by atoms with van der Waals surface area (Å²) < 4.78 is 35.0. The largest absolute Gasteiger partial charge is 0.485 e. The van der Waals surface area contributed by atoms with Crippen molar-refractivity contribution in [1.82, 2.24) is 15.0 Å². The fraction of sp³-hybridized carbons (Fsp3) is 0.333. The molecule has 0 saturated carbocycles. The van der Waals surface area contributed by atoms with Gasteiger partial charge in [-0.15, -0.1) is 0 Å². The zero-order valence-corrected chi connectivity index (χ0v) is 21.4. The van der Waals surface area contributed by atoms with Crippen molar-refractivity contribution in [2.45, 2.75) is 56.3 Å². The van der Waals surface area contributed by atoms with Crippen LogP contribution in [-0.4, -0.2) is 42.7 Å². The van der Waals surface area contributed by atoms with Gasteiger partial charge in [-0.3, -0.25) is 9.78 Å². The number of pyridine rings is 1. The first-order valence-electron chi connectivity index (χ1n) is 11.9. The van der Waals surface area contributed by atoms with Gasteiger partial charge in [0.2, 0.25) is 10.0 Å². The van der Waals surface area contributed by atoms with Gasteiger partial charge in [0, 0.05) is 36.0 Å². The van der Waals surface area contributed by atoms with Crippen LogP contribution in [0.25, 0.3) is 0 Å². The van der Waals surface area contributed by atoms with E-state index in [0.717, 1.165) is 17.7 Å². The minimum atomic E-state index is -3.96. The van der Waals surface area contributed by atoms with Crippen molar-refractivity contribution in [2.24, 2.45) is 0 Å². The third kappa shape index (κ3) is 5.59. The van der Waals surface area contributed by atoms with E-state index in [4.69, 9.17) is 4.74 Å². The van der Waals surface area contributed by atoms with Crippen LogP contribution in [0.15, 0.2) is 71.8 Å². The van der Waals surface area contributed by atoms with Crippen molar-refractivity contribution >= 4 is 15.9 Å². The fourth-order valence-electron chi connectivity index (χ4n) is 4.16. The van der Waals surface area contributed by atoms with E-state index in [0.29, 0.717) is 29.8 Å². The van der Waals surface area contributed by atoms with E-state index in [-0.39, 0.29) is 10.8 Å². The van der Waals surface area contributed by atoms with Crippen LogP contribution >= 0.6 is 0 Å². The second-order valence-electron chi connectivity index (χ2n) is 9.33. The van der Waals surface area contributed by atoms with Crippen LogP contribution in [0.2, 0.25) is 0 Å². The number of carbonyl (C=O) groups is 1. The molecule has 1 aliphatic rings. The predicted molar refractivity (Wildman–Crippen MR) is 136 cm³/mol. The lowest BCUT2D eigenvalue weighted by Gasteiger charge is -2.42. The molecule has 1 aromatic heterocycles. The summed E-state index contributed by atoms with van der Waals surface area (Å²) >= 11 is 0. The number of nitrogens with one attached hydrogen (secondary N) is 2. The quantitative estimate of drug-likeness (QED) is 0.429. The number of rotatable bonds is 8. The van der Waals surface area contributed by atoms with Crippen molar-refractivity contribution in [3.63, 3.8) is 0 Å². The molecule has 2 aromatic carbocycles. The Balaban J connectivity index is 1.58. The molecule has 3 N–H and O–H groups in total. The number of sulfonamides is 1. The topological polar surface area (TPSA) is 118 Å². The minimum absolute atomic E-state index is 0.0983. The van der Waals surface area contributed by atoms with E-state index in [1.165, 1.54) is 0 Å². The first kappa shape index (κ1) is 25.8. The number of aryl methyl sites for hydroxylation is 1. The number of aromatic nitrogens is 1. The number of amides is 1. The summed E-state index contributed by atoms with van der Waals surface area (Å²) in [5, 5.41) is 13.9. The van der Waals surface area contributed by atoms with Crippen LogP contribution in [0, 0.1) is 0 Å². The Morgan fingerprint density at radius 3 is 2.53 bits per heavy atom. The smallest absolute Gasteiger partial charge is 0.251 e. The molecule has 0 bridgehead atoms. The van der Waals surface area contributed by atoms with Crippen molar-refractivity contribution < 1.29 is 23.1 Å². The SMILES string of the molecule is CCc1ccc(S(=O)(=O)N[C@@H]2c3cc(C(=O)NCCc4ccccn4)ccc3OC(C)(C)[C@H]2O)cc1. The van der Waals surface area contributed by atoms with E-state index >= 15 is 0 Å². The van der Waals surface area contributed by atoms with Crippen LogP contribution in [0.5, 0.6) is 5.75 Å². The Hall–Kier alpha value is -3.27. The zero-order chi connectivity index (χ0) is 25.9. The molecule has 0 saturated heterocycles. The molecule has 8 nitrogen and oxygen atoms in total. The third-order valence-electron chi connectivity index (χ3n) is 6.32. The lowest BCUT2D eigenvalue weighted by molar-refractivity contribution is -0.0603. The number of ether oxygens (including phenoxy) is 1. The summed E-state index contributed by atoms with van der Waals surface area (Å²) in [6, 6.07) is 16.0. The number of hydrogen-bond donors (Lipinski definition) is 3. The summed E-state index contributed by atoms with van der Waals surface area (Å²) in [6.07, 6.45) is 1.87. The first-order valence-corrected chi connectivity index (χ1v) is 13.4. The van der Waals surface area contributed by atoms with Crippen molar-refractivity contribution in [3.8, 4) is 5.75 Å². The maximum Gasteiger partial charge on any atom is 0.251 e. The highest BCUT2D eigenvalue weighted by atomic mass is 32.2. The van der Waals surface area contributed by atoms with E-state index in [9.17, 15) is 18.3 Å². The number of aliphatic hydroxyl groups excluding tert-OH is 1. The van der Waals surface area contributed by atoms with Crippen LogP contribution in [0.1, 0.15) is 54.0 Å². The minimum Gasteiger partial charge on any atom is -0.485 e. The molecule has 1 amide bonds. The van der Waals surface area contributed by atoms with Gasteiger partial charge in [0.15, 0.2) is 0 Å². The van der Waals surface area contributed by atoms with E-state index in [1.54, 1.807) is 62.5 Å². The van der Waals surface area contributed by atoms with Crippen LogP contribution < -0.4 is 14.8 Å². The maximum atomic E-state index is 13.2. The standard InChI is InChI=1S/C27H31N3O5S/c1-4-18-8-11-21(12-9-18)36(33,34)30-24-22-17-19(10-13-23(22)35-27(2,3)25(24)31)26(32)29-16-14-20-7-5-6-15-28-20/h5-13,15,17,24-25,30-31H,4,14,16H2,1-3H3,(H,29,32)/t24-,25+/m1/s1. The molecule has 0 fully saturated rings. The molecule has 2 atom stereocenters.